The monoisotopic (exact) mass is 740 g/mol. The lowest BCUT2D eigenvalue weighted by Crippen LogP contribution is -2.54. The minimum atomic E-state index is -3.66. The summed E-state index contributed by atoms with van der Waals surface area (Å²) in [5.41, 5.74) is 0.177. The Morgan fingerprint density at radius 1 is 1.24 bits per heavy atom. The molecule has 2 fully saturated rings. The molecule has 0 amide bonds. The number of carboxylic acid groups (broad SMARTS) is 1. The predicted molar refractivity (Wildman–Crippen MR) is 177 cm³/mol. The van der Waals surface area contributed by atoms with E-state index in [4.69, 9.17) is 9.73 Å². The number of nitrogens with one attached hydrogen (secondary N) is 1. The molecule has 2 aromatic rings. The number of thiazole rings is 1. The van der Waals surface area contributed by atoms with E-state index in [-0.39, 0.29) is 43.4 Å². The molecule has 45 heavy (non-hydrogen) atoms. The van der Waals surface area contributed by atoms with Gasteiger partial charge in [-0.2, -0.15) is 0 Å². The lowest BCUT2D eigenvalue weighted by Gasteiger charge is -2.45. The highest BCUT2D eigenvalue weighted by molar-refractivity contribution is 9.10. The largest absolute Gasteiger partial charge is 0.478 e. The van der Waals surface area contributed by atoms with Crippen LogP contribution in [0.2, 0.25) is 25.7 Å². The molecule has 5 rings (SSSR count). The zero-order chi connectivity index (χ0) is 32.7. The number of amidine groups is 1. The number of aliphatic carboxylic acids is 1. The quantitative estimate of drug-likeness (QED) is 0.239. The van der Waals surface area contributed by atoms with Gasteiger partial charge in [-0.25, -0.2) is 26.9 Å². The Bertz CT molecular complexity index is 1630. The fourth-order valence-electron chi connectivity index (χ4n) is 6.08. The Kier molecular flexibility index (Phi) is 9.77. The maximum atomic E-state index is 13.9. The number of piperidine rings is 1. The number of esters is 1. The standard InChI is InChI=1S/C30H38BrFN4O6S2Si/c1-30(29(39)42-12-14-45(2,3)4)16-20(17-30)44(40,41)36-10-7-18(8-11-36)24-23(28(37)38)25(21-6-5-19(32)15-22(21)31)35-26(34-24)27-33-9-13-43-27/h5-6,9,13,15,18,20,25H,7-8,10-12,14,16-17H2,1-4H3,(H,34,35)(H,37,38). The minimum absolute atomic E-state index is 0.0336. The zero-order valence-corrected chi connectivity index (χ0v) is 29.9. The van der Waals surface area contributed by atoms with Crippen molar-refractivity contribution in [3.63, 3.8) is 0 Å². The first kappa shape index (κ1) is 33.9. The first-order valence-electron chi connectivity index (χ1n) is 14.9. The van der Waals surface area contributed by atoms with Gasteiger partial charge < -0.3 is 15.2 Å². The van der Waals surface area contributed by atoms with E-state index in [1.807, 2.05) is 0 Å². The Balaban J connectivity index is 1.31. The van der Waals surface area contributed by atoms with Crippen molar-refractivity contribution in [1.29, 1.82) is 0 Å². The lowest BCUT2D eigenvalue weighted by molar-refractivity contribution is -0.159. The van der Waals surface area contributed by atoms with Gasteiger partial charge in [0.15, 0.2) is 10.8 Å². The second-order valence-electron chi connectivity index (χ2n) is 13.4. The van der Waals surface area contributed by atoms with Crippen LogP contribution in [0.3, 0.4) is 0 Å². The summed E-state index contributed by atoms with van der Waals surface area (Å²) in [5.74, 6) is -1.85. The molecule has 2 aliphatic heterocycles. The summed E-state index contributed by atoms with van der Waals surface area (Å²) in [7, 11) is -5.02. The van der Waals surface area contributed by atoms with Crippen molar-refractivity contribution >= 4 is 63.1 Å². The van der Waals surface area contributed by atoms with Crippen molar-refractivity contribution in [2.24, 2.45) is 16.3 Å². The molecule has 1 aromatic carbocycles. The summed E-state index contributed by atoms with van der Waals surface area (Å²) in [4.78, 5) is 34.6. The van der Waals surface area contributed by atoms with Crippen molar-refractivity contribution < 1.29 is 32.2 Å². The highest BCUT2D eigenvalue weighted by Gasteiger charge is 2.54. The molecule has 1 unspecified atom stereocenters. The first-order valence-corrected chi connectivity index (χ1v) is 21.8. The van der Waals surface area contributed by atoms with E-state index in [9.17, 15) is 27.5 Å². The smallest absolute Gasteiger partial charge is 0.335 e. The number of allylic oxidation sites excluding steroid dienone is 1. The molecule has 3 heterocycles. The van der Waals surface area contributed by atoms with Crippen LogP contribution in [0.4, 0.5) is 4.39 Å². The highest BCUT2D eigenvalue weighted by Crippen LogP contribution is 2.47. The Hall–Kier alpha value is -2.46. The second-order valence-corrected chi connectivity index (χ2v) is 23.0. The van der Waals surface area contributed by atoms with E-state index in [1.165, 1.54) is 33.8 Å². The van der Waals surface area contributed by atoms with Gasteiger partial charge in [-0.3, -0.25) is 9.79 Å². The van der Waals surface area contributed by atoms with Crippen LogP contribution in [0.25, 0.3) is 0 Å². The SMILES string of the molecule is CC1(C(=O)OCC[Si](C)(C)C)CC(S(=O)(=O)N2CCC(C3=C(C(=O)O)C(c4ccc(F)cc4Br)N=C(c4nccs4)N3)CC2)C1. The van der Waals surface area contributed by atoms with E-state index in [2.05, 4.69) is 45.9 Å². The molecule has 1 saturated heterocycles. The number of hydrogen-bond donors (Lipinski definition) is 2. The number of rotatable bonds is 10. The Morgan fingerprint density at radius 2 is 1.93 bits per heavy atom. The lowest BCUT2D eigenvalue weighted by atomic mass is 9.70. The zero-order valence-electron chi connectivity index (χ0n) is 25.7. The van der Waals surface area contributed by atoms with Crippen LogP contribution in [0, 0.1) is 17.2 Å². The van der Waals surface area contributed by atoms with Crippen LogP contribution < -0.4 is 5.32 Å². The average Bonchev–Trinajstić information content (AvgIpc) is 3.49. The minimum Gasteiger partial charge on any atom is -0.478 e. The molecule has 2 N–H and O–H groups in total. The van der Waals surface area contributed by atoms with Crippen molar-refractivity contribution in [2.75, 3.05) is 19.7 Å². The summed E-state index contributed by atoms with van der Waals surface area (Å²) >= 11 is 4.73. The normalized spacial score (nSPS) is 24.9. The number of carboxylic acids is 1. The van der Waals surface area contributed by atoms with Crippen LogP contribution in [0.1, 0.15) is 49.2 Å². The molecule has 10 nitrogen and oxygen atoms in total. The van der Waals surface area contributed by atoms with Gasteiger partial charge in [0, 0.05) is 48.8 Å². The van der Waals surface area contributed by atoms with Crippen molar-refractivity contribution in [2.45, 2.75) is 69.6 Å². The number of halogens is 2. The number of hydrogen-bond acceptors (Lipinski definition) is 9. The number of sulfonamides is 1. The number of benzene rings is 1. The number of nitrogens with zero attached hydrogens (tertiary/aromatic N) is 3. The van der Waals surface area contributed by atoms with E-state index in [0.717, 1.165) is 6.04 Å². The van der Waals surface area contributed by atoms with Crippen LogP contribution in [0.15, 0.2) is 50.5 Å². The molecule has 0 bridgehead atoms. The summed E-state index contributed by atoms with van der Waals surface area (Å²) in [5, 5.41) is 15.3. The molecule has 244 valence electrons. The predicted octanol–water partition coefficient (Wildman–Crippen LogP) is 5.57. The fourth-order valence-corrected chi connectivity index (χ4v) is 10.2. The first-order chi connectivity index (χ1) is 21.1. The maximum Gasteiger partial charge on any atom is 0.335 e. The van der Waals surface area contributed by atoms with Gasteiger partial charge in [0.25, 0.3) is 0 Å². The van der Waals surface area contributed by atoms with Gasteiger partial charge >= 0.3 is 11.9 Å². The molecular formula is C30H38BrFN4O6S2Si. The molecule has 15 heteroatoms. The molecule has 3 aliphatic rings. The molecular weight excluding hydrogens is 703 g/mol. The Labute approximate surface area is 276 Å². The summed E-state index contributed by atoms with van der Waals surface area (Å²) < 4.78 is 48.5. The van der Waals surface area contributed by atoms with Gasteiger partial charge in [-0.15, -0.1) is 11.3 Å². The summed E-state index contributed by atoms with van der Waals surface area (Å²) in [6, 6.07) is 3.98. The van der Waals surface area contributed by atoms with Crippen molar-refractivity contribution in [3.05, 3.63) is 61.9 Å². The maximum absolute atomic E-state index is 13.9. The van der Waals surface area contributed by atoms with E-state index < -0.39 is 46.6 Å². The third-order valence-corrected chi connectivity index (χ3v) is 14.2. The van der Waals surface area contributed by atoms with Gasteiger partial charge in [-0.05, 0) is 56.3 Å². The van der Waals surface area contributed by atoms with Crippen molar-refractivity contribution in [3.8, 4) is 0 Å². The number of carbonyl (C=O) groups excluding carboxylic acids is 1. The number of aromatic nitrogens is 1. The summed E-state index contributed by atoms with van der Waals surface area (Å²) in [6.45, 7) is 9.19. The van der Waals surface area contributed by atoms with Crippen LogP contribution in [0.5, 0.6) is 0 Å². The van der Waals surface area contributed by atoms with Gasteiger partial charge in [0.1, 0.15) is 11.9 Å². The van der Waals surface area contributed by atoms with E-state index >= 15 is 0 Å². The van der Waals surface area contributed by atoms with Crippen LogP contribution >= 0.6 is 27.3 Å². The second kappa shape index (κ2) is 13.0. The third-order valence-electron chi connectivity index (χ3n) is 8.77. The van der Waals surface area contributed by atoms with Crippen LogP contribution in [-0.2, 0) is 24.3 Å². The molecule has 1 atom stereocenters. The highest BCUT2D eigenvalue weighted by atomic mass is 79.9. The van der Waals surface area contributed by atoms with E-state index in [1.54, 1.807) is 18.5 Å². The van der Waals surface area contributed by atoms with Crippen LogP contribution in [-0.4, -0.2) is 73.6 Å². The van der Waals surface area contributed by atoms with Gasteiger partial charge in [0.05, 0.1) is 22.8 Å². The fraction of sp³-hybridized carbons (Fsp3) is 0.533. The molecule has 1 aromatic heterocycles. The number of ether oxygens (including phenoxy) is 1. The number of aliphatic imine (C=N–C) groups is 1. The van der Waals surface area contributed by atoms with Gasteiger partial charge in [-0.1, -0.05) is 41.6 Å². The Morgan fingerprint density at radius 3 is 2.51 bits per heavy atom. The van der Waals surface area contributed by atoms with Gasteiger partial charge in [0.2, 0.25) is 10.0 Å². The molecule has 1 saturated carbocycles. The topological polar surface area (TPSA) is 138 Å². The molecule has 0 spiro atoms. The molecule has 0 radical (unpaired) electrons. The number of carbonyl (C=O) groups is 2. The van der Waals surface area contributed by atoms with E-state index in [0.29, 0.717) is 46.0 Å². The average molecular weight is 742 g/mol. The third kappa shape index (κ3) is 7.27. The van der Waals surface area contributed by atoms with Crippen molar-refractivity contribution in [1.82, 2.24) is 14.6 Å². The summed E-state index contributed by atoms with van der Waals surface area (Å²) in [6.07, 6.45) is 2.86. The molecule has 1 aliphatic carbocycles.